The summed E-state index contributed by atoms with van der Waals surface area (Å²) >= 11 is 0. The van der Waals surface area contributed by atoms with E-state index in [1.807, 2.05) is 53.4 Å². The van der Waals surface area contributed by atoms with Crippen LogP contribution in [0.1, 0.15) is 42.1 Å². The van der Waals surface area contributed by atoms with Crippen LogP contribution in [0.25, 0.3) is 22.0 Å². The topological polar surface area (TPSA) is 165 Å². The number of aryl methyl sites for hydroxylation is 1. The number of hydrogen-bond donors (Lipinski definition) is 7. The number of aliphatic hydroxyl groups is 2. The number of amides is 1. The molecule has 1 unspecified atom stereocenters. The molecule has 280 valence electrons. The Balaban J connectivity index is 0.924. The third-order valence-corrected chi connectivity index (χ3v) is 11.3. The number of aliphatic hydroxyl groups excluding tert-OH is 2. The Labute approximate surface area is 313 Å². The van der Waals surface area contributed by atoms with Gasteiger partial charge in [-0.05, 0) is 97.3 Å². The van der Waals surface area contributed by atoms with Gasteiger partial charge in [0.25, 0.3) is 0 Å². The van der Waals surface area contributed by atoms with E-state index in [1.54, 1.807) is 17.0 Å². The van der Waals surface area contributed by atoms with E-state index in [1.165, 1.54) is 12.1 Å². The number of anilines is 3. The Morgan fingerprint density at radius 2 is 1.76 bits per heavy atom. The second-order valence-corrected chi connectivity index (χ2v) is 14.7. The van der Waals surface area contributed by atoms with Crippen LogP contribution in [0.5, 0.6) is 5.75 Å². The highest BCUT2D eigenvalue weighted by atomic mass is 16.4. The molecule has 12 nitrogen and oxygen atoms in total. The van der Waals surface area contributed by atoms with E-state index < -0.39 is 18.5 Å². The second-order valence-electron chi connectivity index (χ2n) is 14.7. The molecule has 9 rings (SSSR count). The predicted molar refractivity (Wildman–Crippen MR) is 210 cm³/mol. The maximum atomic E-state index is 13.0. The van der Waals surface area contributed by atoms with Crippen LogP contribution < -0.4 is 26.0 Å². The number of nitrogens with one attached hydrogen (secondary N) is 3. The Bertz CT molecular complexity index is 2200. The fraction of sp³-hybridized carbons (Fsp3) is 0.333. The zero-order valence-electron chi connectivity index (χ0n) is 30.0. The number of aromatic nitrogens is 1. The van der Waals surface area contributed by atoms with Crippen LogP contribution in [0.15, 0.2) is 95.8 Å². The molecule has 3 atom stereocenters. The van der Waals surface area contributed by atoms with Crippen LogP contribution in [0, 0.1) is 5.92 Å². The van der Waals surface area contributed by atoms with Gasteiger partial charge in [-0.15, -0.1) is 0 Å². The lowest BCUT2D eigenvalue weighted by molar-refractivity contribution is 0.0837. The molecule has 1 aromatic heterocycles. The second kappa shape index (κ2) is 15.2. The quantitative estimate of drug-likeness (QED) is 0.0879. The van der Waals surface area contributed by atoms with Gasteiger partial charge in [-0.1, -0.05) is 54.6 Å². The highest BCUT2D eigenvalue weighted by molar-refractivity contribution is 5.94. The van der Waals surface area contributed by atoms with Gasteiger partial charge >= 0.3 is 6.09 Å². The number of aromatic amines is 1. The molecule has 4 aliphatic heterocycles. The van der Waals surface area contributed by atoms with Crippen molar-refractivity contribution >= 4 is 34.1 Å². The smallest absolute Gasteiger partial charge is 0.412 e. The Hall–Kier alpha value is -5.40. The number of fused-ring (bicyclic) bond motifs is 5. The molecule has 7 N–H and O–H groups in total. The number of H-pyrrole nitrogens is 1. The summed E-state index contributed by atoms with van der Waals surface area (Å²) < 4.78 is 0. The number of phenolic OH excluding ortho intramolecular Hbond substituents is 1. The number of benzene rings is 4. The molecule has 3 saturated heterocycles. The van der Waals surface area contributed by atoms with E-state index in [0.717, 1.165) is 78.2 Å². The van der Waals surface area contributed by atoms with E-state index in [0.29, 0.717) is 41.9 Å². The molecule has 4 aliphatic rings. The molecule has 54 heavy (non-hydrogen) atoms. The van der Waals surface area contributed by atoms with Crippen LogP contribution in [0.3, 0.4) is 0 Å². The number of hydrogen-bond acceptors (Lipinski definition) is 9. The SMILES string of the molecule is O=C(O)N(c1cc(CCCN2c3ccc(CNC[C@@H](O)c4ccc(O)c5[nH]c(=O)ccc45)cc3NC2O)ccc1-c1ccccc1)[C@H]1CN2CCC1CC2. The minimum absolute atomic E-state index is 0.0537. The van der Waals surface area contributed by atoms with Gasteiger partial charge < -0.3 is 45.8 Å². The van der Waals surface area contributed by atoms with Crippen molar-refractivity contribution in [3.8, 4) is 16.9 Å². The van der Waals surface area contributed by atoms with E-state index in [-0.39, 0.29) is 23.9 Å². The van der Waals surface area contributed by atoms with Gasteiger partial charge in [0.2, 0.25) is 11.9 Å². The molecule has 12 heteroatoms. The number of carboxylic acid groups (broad SMARTS) is 1. The standard InChI is InChI=1S/C42H46N6O6/c49-37-14-11-31(32-12-15-39(51)45-40(32)37)38(50)24-43-23-27-9-13-34-33(21-27)44-41(52)47(34)18-4-5-26-8-10-30(28-6-2-1-3-7-28)35(22-26)48(42(53)54)36-25-46-19-16-29(36)17-20-46/h1-3,6-15,21-22,29,36,38,41,43-44,49-50,52H,4-5,16-20,23-25H2,(H,45,51)(H,53,54)/t36-,38+,41?/m0/s1. The highest BCUT2D eigenvalue weighted by Gasteiger charge is 2.41. The zero-order valence-corrected chi connectivity index (χ0v) is 30.0. The molecule has 0 saturated carbocycles. The summed E-state index contributed by atoms with van der Waals surface area (Å²) in [4.78, 5) is 33.3. The van der Waals surface area contributed by atoms with Gasteiger partial charge in [-0.3, -0.25) is 9.69 Å². The van der Waals surface area contributed by atoms with Crippen molar-refractivity contribution in [1.82, 2.24) is 15.2 Å². The maximum Gasteiger partial charge on any atom is 0.412 e. The number of piperidine rings is 3. The van der Waals surface area contributed by atoms with E-state index in [4.69, 9.17) is 0 Å². The molecule has 4 aromatic carbocycles. The van der Waals surface area contributed by atoms with Crippen molar-refractivity contribution in [3.05, 3.63) is 118 Å². The lowest BCUT2D eigenvalue weighted by atomic mass is 9.82. The van der Waals surface area contributed by atoms with Crippen molar-refractivity contribution in [2.45, 2.75) is 50.7 Å². The third-order valence-electron chi connectivity index (χ3n) is 11.3. The minimum Gasteiger partial charge on any atom is -0.506 e. The number of nitrogens with zero attached hydrogens (tertiary/aromatic N) is 3. The Kier molecular flexibility index (Phi) is 9.99. The molecular formula is C42H46N6O6. The number of rotatable bonds is 12. The summed E-state index contributed by atoms with van der Waals surface area (Å²) in [6.45, 7) is 4.15. The number of pyridine rings is 1. The first kappa shape index (κ1) is 35.6. The van der Waals surface area contributed by atoms with Crippen LogP contribution in [-0.4, -0.2) is 81.5 Å². The molecule has 0 radical (unpaired) electrons. The number of aromatic hydroxyl groups is 1. The first-order valence-corrected chi connectivity index (χ1v) is 18.7. The molecule has 2 bridgehead atoms. The normalized spacial score (nSPS) is 20.8. The van der Waals surface area contributed by atoms with Crippen LogP contribution in [0.4, 0.5) is 21.9 Å². The van der Waals surface area contributed by atoms with E-state index in [2.05, 4.69) is 38.7 Å². The summed E-state index contributed by atoms with van der Waals surface area (Å²) in [5, 5.41) is 49.8. The molecule has 0 aliphatic carbocycles. The maximum absolute atomic E-state index is 13.0. The minimum atomic E-state index is -0.915. The molecule has 0 spiro atoms. The number of carbonyl (C=O) groups is 1. The zero-order chi connectivity index (χ0) is 37.3. The predicted octanol–water partition coefficient (Wildman–Crippen LogP) is 5.44. The summed E-state index contributed by atoms with van der Waals surface area (Å²) in [5.41, 5.74) is 6.94. The van der Waals surface area contributed by atoms with Crippen molar-refractivity contribution < 1.29 is 25.2 Å². The van der Waals surface area contributed by atoms with E-state index >= 15 is 0 Å². The summed E-state index contributed by atoms with van der Waals surface area (Å²) in [6.07, 6.45) is 0.833. The van der Waals surface area contributed by atoms with Crippen molar-refractivity contribution in [3.63, 3.8) is 0 Å². The van der Waals surface area contributed by atoms with Gasteiger partial charge in [-0.2, -0.15) is 0 Å². The average Bonchev–Trinajstić information content (AvgIpc) is 3.49. The number of phenols is 1. The van der Waals surface area contributed by atoms with Crippen molar-refractivity contribution in [2.75, 3.05) is 47.8 Å². The molecule has 5 heterocycles. The molecular weight excluding hydrogens is 684 g/mol. The van der Waals surface area contributed by atoms with Gasteiger partial charge in [0.15, 0.2) is 0 Å². The fourth-order valence-electron chi connectivity index (χ4n) is 8.56. The Morgan fingerprint density at radius 3 is 2.52 bits per heavy atom. The van der Waals surface area contributed by atoms with E-state index in [9.17, 15) is 30.0 Å². The molecule has 3 fully saturated rings. The Morgan fingerprint density at radius 1 is 0.963 bits per heavy atom. The summed E-state index contributed by atoms with van der Waals surface area (Å²) in [6, 6.07) is 28.2. The highest BCUT2D eigenvalue weighted by Crippen LogP contribution is 2.40. The largest absolute Gasteiger partial charge is 0.506 e. The van der Waals surface area contributed by atoms with Gasteiger partial charge in [0, 0.05) is 43.2 Å². The van der Waals surface area contributed by atoms with Crippen molar-refractivity contribution in [1.29, 1.82) is 0 Å². The molecule has 1 amide bonds. The van der Waals surface area contributed by atoms with Crippen molar-refractivity contribution in [2.24, 2.45) is 5.92 Å². The monoisotopic (exact) mass is 730 g/mol. The van der Waals surface area contributed by atoms with Gasteiger partial charge in [-0.25, -0.2) is 4.79 Å². The third kappa shape index (κ3) is 7.13. The van der Waals surface area contributed by atoms with Crippen LogP contribution >= 0.6 is 0 Å². The first-order chi connectivity index (χ1) is 26.2. The van der Waals surface area contributed by atoms with Crippen LogP contribution in [-0.2, 0) is 13.0 Å². The van der Waals surface area contributed by atoms with Gasteiger partial charge in [0.1, 0.15) is 5.75 Å². The summed E-state index contributed by atoms with van der Waals surface area (Å²) in [5.74, 6) is 0.299. The first-order valence-electron chi connectivity index (χ1n) is 18.7. The average molecular weight is 731 g/mol. The summed E-state index contributed by atoms with van der Waals surface area (Å²) in [7, 11) is 0. The fourth-order valence-corrected chi connectivity index (χ4v) is 8.56. The lowest BCUT2D eigenvalue weighted by Crippen LogP contribution is -2.59. The molecule has 5 aromatic rings. The lowest BCUT2D eigenvalue weighted by Gasteiger charge is -2.48. The van der Waals surface area contributed by atoms with Gasteiger partial charge in [0.05, 0.1) is 34.7 Å². The van der Waals surface area contributed by atoms with Crippen LogP contribution in [0.2, 0.25) is 0 Å².